The molecule has 0 saturated heterocycles. The Labute approximate surface area is 127 Å². The molecule has 0 amide bonds. The van der Waals surface area contributed by atoms with Crippen LogP contribution in [0.5, 0.6) is 0 Å². The van der Waals surface area contributed by atoms with E-state index in [4.69, 9.17) is 22.3 Å². The summed E-state index contributed by atoms with van der Waals surface area (Å²) >= 11 is 0. The Bertz CT molecular complexity index is 328. The summed E-state index contributed by atoms with van der Waals surface area (Å²) in [4.78, 5) is 11.5. The maximum atomic E-state index is 11.5. The van der Waals surface area contributed by atoms with Crippen molar-refractivity contribution in [2.24, 2.45) is 0 Å². The third kappa shape index (κ3) is 9.69. The van der Waals surface area contributed by atoms with Crippen LogP contribution in [0.1, 0.15) is 0 Å². The van der Waals surface area contributed by atoms with Gasteiger partial charge in [-0.3, -0.25) is 9.09 Å². The van der Waals surface area contributed by atoms with Crippen LogP contribution in [0.4, 0.5) is 0 Å². The average Bonchev–Trinajstić information content (AvgIpc) is 2.41. The van der Waals surface area contributed by atoms with Crippen LogP contribution < -0.4 is 10.2 Å². The number of quaternary nitrogens is 1. The second-order valence-electron chi connectivity index (χ2n) is 5.30. The summed E-state index contributed by atoms with van der Waals surface area (Å²) in [5.41, 5.74) is 0. The number of hydrogen-bond donors (Lipinski definition) is 1. The smallest absolute Gasteiger partial charge is 0.514 e. The maximum Gasteiger partial charge on any atom is 0.514 e. The number of phosphoric ester groups is 1. The van der Waals surface area contributed by atoms with Gasteiger partial charge in [0.15, 0.2) is 6.73 Å². The molecule has 0 heterocycles. The molecule has 1 N–H and O–H groups in total. The summed E-state index contributed by atoms with van der Waals surface area (Å²) in [5.74, 6) is 0. The minimum atomic E-state index is -4.28. The molecule has 0 spiro atoms. The second kappa shape index (κ2) is 9.31. The van der Waals surface area contributed by atoms with E-state index in [0.29, 0.717) is 17.2 Å². The largest absolute Gasteiger partial charge is 0.756 e. The van der Waals surface area contributed by atoms with E-state index in [1.54, 1.807) is 0 Å². The Kier molecular flexibility index (Phi) is 9.36. The summed E-state index contributed by atoms with van der Waals surface area (Å²) in [6.07, 6.45) is 0.350. The van der Waals surface area contributed by atoms with Gasteiger partial charge in [-0.15, -0.1) is 0 Å². The van der Waals surface area contributed by atoms with Crippen molar-refractivity contribution in [3.63, 3.8) is 0 Å². The maximum absolute atomic E-state index is 11.5. The molecule has 0 aliphatic heterocycles. The minimum Gasteiger partial charge on any atom is -0.756 e. The summed E-state index contributed by atoms with van der Waals surface area (Å²) in [6, 6.07) is 0. The first-order chi connectivity index (χ1) is 9.60. The van der Waals surface area contributed by atoms with E-state index in [2.05, 4.69) is 5.32 Å². The molecule has 0 aliphatic carbocycles. The van der Waals surface area contributed by atoms with Crippen molar-refractivity contribution in [1.82, 2.24) is 5.32 Å². The summed E-state index contributed by atoms with van der Waals surface area (Å²) in [6.45, 7) is 0.269. The van der Waals surface area contributed by atoms with Crippen LogP contribution in [0.2, 0.25) is 0 Å². The first-order valence-electron chi connectivity index (χ1n) is 6.36. The van der Waals surface area contributed by atoms with Crippen LogP contribution in [0.25, 0.3) is 0 Å². The predicted octanol–water partition coefficient (Wildman–Crippen LogP) is -0.841. The highest BCUT2D eigenvalue weighted by atomic mass is 31.2. The average molecular weight is 346 g/mol. The van der Waals surface area contributed by atoms with Crippen molar-refractivity contribution >= 4 is 16.6 Å². The zero-order valence-electron chi connectivity index (χ0n) is 13.6. The standard InChI is InChI=1S/C10H27N2O7PSi/c1-12(2,3)10-19-20(13,14)18-8-7-11-9-21(15-4,16-5)17-6/h11H,7-10H2,1-6H3. The van der Waals surface area contributed by atoms with Crippen molar-refractivity contribution < 1.29 is 36.3 Å². The second-order valence-corrected chi connectivity index (χ2v) is 9.66. The number of rotatable bonds is 12. The van der Waals surface area contributed by atoms with E-state index in [0.717, 1.165) is 0 Å². The summed E-state index contributed by atoms with van der Waals surface area (Å²) in [5, 5.41) is 2.97. The topological polar surface area (TPSA) is 98.3 Å². The van der Waals surface area contributed by atoms with E-state index >= 15 is 0 Å². The molecule has 0 aromatic rings. The van der Waals surface area contributed by atoms with Crippen molar-refractivity contribution in [3.8, 4) is 0 Å². The zero-order chi connectivity index (χ0) is 16.6. The fourth-order valence-electron chi connectivity index (χ4n) is 1.22. The van der Waals surface area contributed by atoms with Gasteiger partial charge in [-0.25, -0.2) is 0 Å². The number of nitrogens with one attached hydrogen (secondary N) is 1. The first kappa shape index (κ1) is 21.1. The first-order valence-corrected chi connectivity index (χ1v) is 9.76. The molecule has 0 radical (unpaired) electrons. The Hall–Kier alpha value is 0.127. The van der Waals surface area contributed by atoms with Crippen molar-refractivity contribution in [3.05, 3.63) is 0 Å². The molecule has 11 heteroatoms. The van der Waals surface area contributed by atoms with Gasteiger partial charge in [-0.2, -0.15) is 0 Å². The number of hydrogen-bond acceptors (Lipinski definition) is 8. The molecule has 0 saturated carbocycles. The lowest BCUT2D eigenvalue weighted by Crippen LogP contribution is -2.52. The Morgan fingerprint density at radius 2 is 1.62 bits per heavy atom. The minimum absolute atomic E-state index is 0.0151. The lowest BCUT2D eigenvalue weighted by atomic mass is 10.7. The molecular formula is C10H27N2O7PSi. The van der Waals surface area contributed by atoms with Gasteiger partial charge in [-0.1, -0.05) is 0 Å². The molecule has 0 fully saturated rings. The molecule has 21 heavy (non-hydrogen) atoms. The van der Waals surface area contributed by atoms with Gasteiger partial charge in [0.05, 0.1) is 33.9 Å². The summed E-state index contributed by atoms with van der Waals surface area (Å²) in [7, 11) is 2.96. The third-order valence-electron chi connectivity index (χ3n) is 2.41. The molecule has 0 rings (SSSR count). The highest BCUT2D eigenvalue weighted by Crippen LogP contribution is 2.38. The zero-order valence-corrected chi connectivity index (χ0v) is 15.5. The summed E-state index contributed by atoms with van der Waals surface area (Å²) < 4.78 is 37.0. The van der Waals surface area contributed by atoms with Crippen molar-refractivity contribution in [1.29, 1.82) is 0 Å². The Balaban J connectivity index is 3.96. The van der Waals surface area contributed by atoms with Gasteiger partial charge in [0.25, 0.3) is 7.82 Å². The monoisotopic (exact) mass is 346 g/mol. The fourth-order valence-corrected chi connectivity index (χ4v) is 3.51. The Morgan fingerprint density at radius 1 is 1.10 bits per heavy atom. The van der Waals surface area contributed by atoms with Crippen LogP contribution in [-0.2, 0) is 26.9 Å². The van der Waals surface area contributed by atoms with E-state index in [9.17, 15) is 9.46 Å². The molecule has 1 unspecified atom stereocenters. The molecule has 128 valence electrons. The van der Waals surface area contributed by atoms with Crippen LogP contribution >= 0.6 is 7.82 Å². The van der Waals surface area contributed by atoms with Gasteiger partial charge in [0.2, 0.25) is 0 Å². The van der Waals surface area contributed by atoms with Crippen LogP contribution in [-0.4, -0.2) is 81.8 Å². The van der Waals surface area contributed by atoms with Gasteiger partial charge < -0.3 is 32.5 Å². The molecule has 1 atom stereocenters. The van der Waals surface area contributed by atoms with Crippen molar-refractivity contribution in [2.45, 2.75) is 0 Å². The SMILES string of the molecule is CO[Si](CNCCOP(=O)([O-])OC[N+](C)(C)C)(OC)OC. The molecule has 0 bridgehead atoms. The van der Waals surface area contributed by atoms with E-state index in [-0.39, 0.29) is 13.3 Å². The van der Waals surface area contributed by atoms with Crippen LogP contribution in [0, 0.1) is 0 Å². The van der Waals surface area contributed by atoms with Gasteiger partial charge in [0, 0.05) is 27.9 Å². The fraction of sp³-hybridized carbons (Fsp3) is 1.00. The number of phosphoric acid groups is 1. The number of nitrogens with zero attached hydrogens (tertiary/aromatic N) is 1. The predicted molar refractivity (Wildman–Crippen MR) is 77.2 cm³/mol. The van der Waals surface area contributed by atoms with Crippen molar-refractivity contribution in [2.75, 3.05) is 68.5 Å². The quantitative estimate of drug-likeness (QED) is 0.161. The van der Waals surface area contributed by atoms with Gasteiger partial charge >= 0.3 is 8.80 Å². The molecule has 0 aromatic carbocycles. The highest BCUT2D eigenvalue weighted by molar-refractivity contribution is 7.45. The molecule has 0 aliphatic rings. The van der Waals surface area contributed by atoms with E-state index in [1.807, 2.05) is 21.1 Å². The van der Waals surface area contributed by atoms with Crippen LogP contribution in [0.15, 0.2) is 0 Å². The van der Waals surface area contributed by atoms with E-state index < -0.39 is 16.6 Å². The molecular weight excluding hydrogens is 319 g/mol. The van der Waals surface area contributed by atoms with E-state index in [1.165, 1.54) is 21.3 Å². The van der Waals surface area contributed by atoms with Gasteiger partial charge in [0.1, 0.15) is 0 Å². The molecule has 9 nitrogen and oxygen atoms in total. The third-order valence-corrected chi connectivity index (χ3v) is 5.89. The van der Waals surface area contributed by atoms with Crippen LogP contribution in [0.3, 0.4) is 0 Å². The molecule has 0 aromatic heterocycles. The highest BCUT2D eigenvalue weighted by Gasteiger charge is 2.37. The lowest BCUT2D eigenvalue weighted by Gasteiger charge is -2.29. The van der Waals surface area contributed by atoms with Gasteiger partial charge in [-0.05, 0) is 0 Å². The lowest BCUT2D eigenvalue weighted by molar-refractivity contribution is -0.887. The Morgan fingerprint density at radius 3 is 2.05 bits per heavy atom. The normalized spacial score (nSPS) is 16.0.